The molecule has 4 heteroatoms. The number of fused-ring (bicyclic) bond motifs is 1. The van der Waals surface area contributed by atoms with Crippen molar-refractivity contribution in [3.8, 4) is 34.5 Å². The Hall–Kier alpha value is -4.05. The Morgan fingerprint density at radius 1 is 0.586 bits per heavy atom. The van der Waals surface area contributed by atoms with Gasteiger partial charge in [-0.25, -0.2) is 4.98 Å². The zero-order valence-corrected chi connectivity index (χ0v) is 15.5. The number of oxazole rings is 1. The summed E-state index contributed by atoms with van der Waals surface area (Å²) in [5.74, 6) is 3.26. The fourth-order valence-electron chi connectivity index (χ4n) is 3.05. The first kappa shape index (κ1) is 17.1. The van der Waals surface area contributed by atoms with Gasteiger partial charge >= 0.3 is 0 Å². The van der Waals surface area contributed by atoms with Crippen LogP contribution in [0.3, 0.4) is 0 Å². The minimum atomic E-state index is 0.503. The highest BCUT2D eigenvalue weighted by molar-refractivity contribution is 5.77. The van der Waals surface area contributed by atoms with Crippen LogP contribution in [-0.2, 0) is 0 Å². The van der Waals surface area contributed by atoms with E-state index in [1.165, 1.54) is 0 Å². The Morgan fingerprint density at radius 2 is 1.24 bits per heavy atom. The largest absolute Gasteiger partial charge is 0.457 e. The van der Waals surface area contributed by atoms with Crippen LogP contribution >= 0.6 is 0 Å². The van der Waals surface area contributed by atoms with E-state index in [0.717, 1.165) is 28.2 Å². The zero-order valence-electron chi connectivity index (χ0n) is 15.5. The van der Waals surface area contributed by atoms with Crippen LogP contribution in [0.15, 0.2) is 108 Å². The molecule has 0 aliphatic carbocycles. The molecule has 0 aliphatic rings. The standard InChI is InChI=1S/C25H17NO3/c1-3-9-18(10-4-1)27-20-15-16-21(24(17-20)28-19-11-5-2-6-12-19)25-26-22-13-7-8-14-23(22)29-25/h1-17H. The molecule has 0 unspecified atom stereocenters. The highest BCUT2D eigenvalue weighted by Gasteiger charge is 2.16. The quantitative estimate of drug-likeness (QED) is 0.327. The van der Waals surface area contributed by atoms with Crippen LogP contribution in [0, 0.1) is 0 Å². The first-order valence-electron chi connectivity index (χ1n) is 9.31. The molecule has 0 atom stereocenters. The van der Waals surface area contributed by atoms with Crippen molar-refractivity contribution in [2.24, 2.45) is 0 Å². The Kier molecular flexibility index (Phi) is 4.43. The molecule has 0 saturated heterocycles. The number of nitrogens with zero attached hydrogens (tertiary/aromatic N) is 1. The number of hydrogen-bond donors (Lipinski definition) is 0. The van der Waals surface area contributed by atoms with Gasteiger partial charge in [0.1, 0.15) is 28.5 Å². The van der Waals surface area contributed by atoms with E-state index >= 15 is 0 Å². The van der Waals surface area contributed by atoms with E-state index in [2.05, 4.69) is 4.98 Å². The van der Waals surface area contributed by atoms with Crippen molar-refractivity contribution in [3.05, 3.63) is 103 Å². The maximum Gasteiger partial charge on any atom is 0.231 e. The summed E-state index contributed by atoms with van der Waals surface area (Å²) in [6.07, 6.45) is 0. The Balaban J connectivity index is 1.57. The summed E-state index contributed by atoms with van der Waals surface area (Å²) in [6.45, 7) is 0. The molecule has 140 valence electrons. The lowest BCUT2D eigenvalue weighted by Crippen LogP contribution is -1.91. The van der Waals surface area contributed by atoms with Crippen LogP contribution < -0.4 is 9.47 Å². The van der Waals surface area contributed by atoms with Crippen LogP contribution in [0.25, 0.3) is 22.6 Å². The molecule has 0 radical (unpaired) electrons. The SMILES string of the molecule is c1ccc(Oc2ccc(-c3nc4ccccc4o3)c(Oc3ccccc3)c2)cc1. The molecule has 0 N–H and O–H groups in total. The molecule has 5 rings (SSSR count). The minimum Gasteiger partial charge on any atom is -0.457 e. The topological polar surface area (TPSA) is 44.5 Å². The zero-order chi connectivity index (χ0) is 19.5. The van der Waals surface area contributed by atoms with Gasteiger partial charge < -0.3 is 13.9 Å². The summed E-state index contributed by atoms with van der Waals surface area (Å²) in [4.78, 5) is 4.61. The summed E-state index contributed by atoms with van der Waals surface area (Å²) in [5, 5.41) is 0. The highest BCUT2D eigenvalue weighted by atomic mass is 16.5. The monoisotopic (exact) mass is 379 g/mol. The lowest BCUT2D eigenvalue weighted by atomic mass is 10.2. The second-order valence-electron chi connectivity index (χ2n) is 6.47. The first-order valence-corrected chi connectivity index (χ1v) is 9.31. The third-order valence-electron chi connectivity index (χ3n) is 4.43. The first-order chi connectivity index (χ1) is 14.3. The molecule has 0 amide bonds. The van der Waals surface area contributed by atoms with Crippen LogP contribution in [-0.4, -0.2) is 4.98 Å². The van der Waals surface area contributed by atoms with Crippen molar-refractivity contribution in [1.29, 1.82) is 0 Å². The van der Waals surface area contributed by atoms with E-state index in [1.54, 1.807) is 0 Å². The normalized spacial score (nSPS) is 10.8. The molecule has 0 spiro atoms. The number of aromatic nitrogens is 1. The number of hydrogen-bond acceptors (Lipinski definition) is 4. The fourth-order valence-corrected chi connectivity index (χ4v) is 3.05. The summed E-state index contributed by atoms with van der Waals surface area (Å²) >= 11 is 0. The third-order valence-corrected chi connectivity index (χ3v) is 4.43. The van der Waals surface area contributed by atoms with E-state index in [-0.39, 0.29) is 0 Å². The van der Waals surface area contributed by atoms with E-state index in [4.69, 9.17) is 13.9 Å². The average Bonchev–Trinajstić information content (AvgIpc) is 3.19. The molecular formula is C25H17NO3. The van der Waals surface area contributed by atoms with Gasteiger partial charge in [-0.1, -0.05) is 48.5 Å². The van der Waals surface area contributed by atoms with Crippen LogP contribution in [0.2, 0.25) is 0 Å². The van der Waals surface area contributed by atoms with Gasteiger partial charge in [0.05, 0.1) is 5.56 Å². The molecule has 0 saturated carbocycles. The Bertz CT molecular complexity index is 1210. The highest BCUT2D eigenvalue weighted by Crippen LogP contribution is 2.38. The van der Waals surface area contributed by atoms with Crippen molar-refractivity contribution < 1.29 is 13.9 Å². The van der Waals surface area contributed by atoms with E-state index in [9.17, 15) is 0 Å². The fraction of sp³-hybridized carbons (Fsp3) is 0. The lowest BCUT2D eigenvalue weighted by molar-refractivity contribution is 0.460. The van der Waals surface area contributed by atoms with Crippen molar-refractivity contribution in [2.75, 3.05) is 0 Å². The summed E-state index contributed by atoms with van der Waals surface area (Å²) in [6, 6.07) is 32.6. The minimum absolute atomic E-state index is 0.503. The van der Waals surface area contributed by atoms with E-state index < -0.39 is 0 Å². The third kappa shape index (κ3) is 3.69. The number of para-hydroxylation sites is 4. The Morgan fingerprint density at radius 3 is 1.97 bits per heavy atom. The smallest absolute Gasteiger partial charge is 0.231 e. The summed E-state index contributed by atoms with van der Waals surface area (Å²) in [7, 11) is 0. The number of benzene rings is 4. The van der Waals surface area contributed by atoms with Gasteiger partial charge in [0.25, 0.3) is 0 Å². The molecule has 0 fully saturated rings. The molecule has 0 aliphatic heterocycles. The van der Waals surface area contributed by atoms with Gasteiger partial charge in [0.15, 0.2) is 5.58 Å². The average molecular weight is 379 g/mol. The van der Waals surface area contributed by atoms with Crippen molar-refractivity contribution >= 4 is 11.1 Å². The van der Waals surface area contributed by atoms with Crippen molar-refractivity contribution in [3.63, 3.8) is 0 Å². The molecule has 1 aromatic heterocycles. The molecule has 0 bridgehead atoms. The lowest BCUT2D eigenvalue weighted by Gasteiger charge is -2.12. The van der Waals surface area contributed by atoms with Gasteiger partial charge in [-0.3, -0.25) is 0 Å². The van der Waals surface area contributed by atoms with E-state index in [1.807, 2.05) is 103 Å². The molecular weight excluding hydrogens is 362 g/mol. The molecule has 5 aromatic rings. The maximum absolute atomic E-state index is 6.16. The predicted molar refractivity (Wildman–Crippen MR) is 112 cm³/mol. The van der Waals surface area contributed by atoms with Crippen molar-refractivity contribution in [2.45, 2.75) is 0 Å². The van der Waals surface area contributed by atoms with Crippen molar-refractivity contribution in [1.82, 2.24) is 4.98 Å². The second-order valence-corrected chi connectivity index (χ2v) is 6.47. The molecule has 4 aromatic carbocycles. The van der Waals surface area contributed by atoms with Gasteiger partial charge in [-0.15, -0.1) is 0 Å². The predicted octanol–water partition coefficient (Wildman–Crippen LogP) is 7.08. The molecule has 1 heterocycles. The van der Waals surface area contributed by atoms with Crippen LogP contribution in [0.5, 0.6) is 23.0 Å². The number of ether oxygens (including phenoxy) is 2. The second kappa shape index (κ2) is 7.52. The van der Waals surface area contributed by atoms with E-state index in [0.29, 0.717) is 17.4 Å². The van der Waals surface area contributed by atoms with Gasteiger partial charge in [-0.05, 0) is 48.5 Å². The van der Waals surface area contributed by atoms with Crippen LogP contribution in [0.1, 0.15) is 0 Å². The van der Waals surface area contributed by atoms with Gasteiger partial charge in [0, 0.05) is 6.07 Å². The molecule has 29 heavy (non-hydrogen) atoms. The summed E-state index contributed by atoms with van der Waals surface area (Å²) in [5.41, 5.74) is 2.29. The van der Waals surface area contributed by atoms with Gasteiger partial charge in [-0.2, -0.15) is 0 Å². The maximum atomic E-state index is 6.16. The van der Waals surface area contributed by atoms with Gasteiger partial charge in [0.2, 0.25) is 5.89 Å². The molecule has 4 nitrogen and oxygen atoms in total. The summed E-state index contributed by atoms with van der Waals surface area (Å²) < 4.78 is 18.1. The number of rotatable bonds is 5. The van der Waals surface area contributed by atoms with Crippen LogP contribution in [0.4, 0.5) is 0 Å². The Labute approximate surface area is 168 Å².